The number of carbonyl (C=O) groups excluding carboxylic acids is 1. The molecule has 4 rings (SSSR count). The number of carbonyl (C=O) groups is 1. The Bertz CT molecular complexity index is 954. The summed E-state index contributed by atoms with van der Waals surface area (Å²) in [6.07, 6.45) is 2.04. The zero-order valence-corrected chi connectivity index (χ0v) is 16.9. The highest BCUT2D eigenvalue weighted by molar-refractivity contribution is 7.89. The Hall–Kier alpha value is -2.29. The molecule has 1 saturated carbocycles. The van der Waals surface area contributed by atoms with Gasteiger partial charge >= 0.3 is 0 Å². The zero-order valence-electron chi connectivity index (χ0n) is 16.1. The van der Waals surface area contributed by atoms with E-state index in [9.17, 15) is 17.6 Å². The maximum Gasteiger partial charge on any atom is 0.283 e. The summed E-state index contributed by atoms with van der Waals surface area (Å²) in [7, 11) is -3.67. The van der Waals surface area contributed by atoms with Gasteiger partial charge in [-0.1, -0.05) is 30.3 Å². The van der Waals surface area contributed by atoms with Crippen LogP contribution in [0.25, 0.3) is 0 Å². The molecule has 2 aromatic rings. The lowest BCUT2D eigenvalue weighted by Gasteiger charge is -2.35. The molecule has 0 radical (unpaired) electrons. The van der Waals surface area contributed by atoms with E-state index in [2.05, 4.69) is 5.32 Å². The van der Waals surface area contributed by atoms with Crippen LogP contribution in [0.15, 0.2) is 59.5 Å². The van der Waals surface area contributed by atoms with Gasteiger partial charge in [0.1, 0.15) is 5.82 Å². The molecule has 1 aliphatic carbocycles. The van der Waals surface area contributed by atoms with Gasteiger partial charge in [0.15, 0.2) is 6.04 Å². The van der Waals surface area contributed by atoms with Crippen molar-refractivity contribution in [2.24, 2.45) is 0 Å². The molecule has 6 nitrogen and oxygen atoms in total. The fourth-order valence-electron chi connectivity index (χ4n) is 3.79. The van der Waals surface area contributed by atoms with E-state index in [0.29, 0.717) is 26.2 Å². The number of nitrogens with one attached hydrogen (secondary N) is 2. The van der Waals surface area contributed by atoms with E-state index >= 15 is 0 Å². The molecule has 2 fully saturated rings. The maximum absolute atomic E-state index is 13.1. The van der Waals surface area contributed by atoms with Crippen LogP contribution in [0.5, 0.6) is 0 Å². The van der Waals surface area contributed by atoms with Crippen LogP contribution in [0.2, 0.25) is 0 Å². The second-order valence-electron chi connectivity index (χ2n) is 7.64. The average molecular weight is 419 g/mol. The molecule has 0 spiro atoms. The van der Waals surface area contributed by atoms with E-state index in [1.807, 2.05) is 30.3 Å². The quantitative estimate of drug-likeness (QED) is 0.727. The lowest BCUT2D eigenvalue weighted by molar-refractivity contribution is -0.925. The number of nitrogens with zero attached hydrogens (tertiary/aromatic N) is 1. The summed E-state index contributed by atoms with van der Waals surface area (Å²) in [5.41, 5.74) is 0.940. The van der Waals surface area contributed by atoms with E-state index in [4.69, 9.17) is 0 Å². The average Bonchev–Trinajstić information content (AvgIpc) is 3.54. The molecule has 2 N–H and O–H groups in total. The molecule has 1 aliphatic heterocycles. The van der Waals surface area contributed by atoms with E-state index < -0.39 is 15.8 Å². The lowest BCUT2D eigenvalue weighted by atomic mass is 10.0. The fraction of sp³-hybridized carbons (Fsp3) is 0.381. The van der Waals surface area contributed by atoms with Gasteiger partial charge in [-0.3, -0.25) is 4.79 Å². The molecule has 0 unspecified atom stereocenters. The highest BCUT2D eigenvalue weighted by Gasteiger charge is 2.39. The Morgan fingerprint density at radius 1 is 1.03 bits per heavy atom. The molecule has 0 aromatic heterocycles. The summed E-state index contributed by atoms with van der Waals surface area (Å²) < 4.78 is 40.3. The number of hydrogen-bond donors (Lipinski definition) is 2. The zero-order chi connectivity index (χ0) is 20.4. The number of amides is 1. The minimum Gasteiger partial charge on any atom is -0.348 e. The van der Waals surface area contributed by atoms with Gasteiger partial charge in [-0.15, -0.1) is 0 Å². The number of piperazine rings is 1. The number of benzene rings is 2. The number of halogens is 1. The van der Waals surface area contributed by atoms with Gasteiger partial charge in [0.2, 0.25) is 10.0 Å². The molecule has 1 saturated heterocycles. The molecule has 0 bridgehead atoms. The first-order chi connectivity index (χ1) is 13.9. The Labute approximate surface area is 170 Å². The van der Waals surface area contributed by atoms with Gasteiger partial charge in [0.05, 0.1) is 31.1 Å². The Kier molecular flexibility index (Phi) is 5.67. The van der Waals surface area contributed by atoms with Crippen molar-refractivity contribution in [3.63, 3.8) is 0 Å². The van der Waals surface area contributed by atoms with E-state index in [0.717, 1.165) is 35.4 Å². The van der Waals surface area contributed by atoms with Crippen molar-refractivity contribution in [1.82, 2.24) is 9.62 Å². The Morgan fingerprint density at radius 2 is 1.66 bits per heavy atom. The molecule has 8 heteroatoms. The van der Waals surface area contributed by atoms with Gasteiger partial charge in [-0.05, 0) is 37.1 Å². The first-order valence-electron chi connectivity index (χ1n) is 9.91. The SMILES string of the molecule is O=C(NC1CC1)[C@H](c1ccccc1)[NH+]1CCN(S(=O)(=O)c2ccc(F)cc2)CC1. The third-order valence-electron chi connectivity index (χ3n) is 5.54. The molecule has 29 heavy (non-hydrogen) atoms. The summed E-state index contributed by atoms with van der Waals surface area (Å²) in [5.74, 6) is -0.464. The number of rotatable bonds is 6. The normalized spacial score (nSPS) is 19.6. The second-order valence-corrected chi connectivity index (χ2v) is 9.58. The van der Waals surface area contributed by atoms with Crippen LogP contribution >= 0.6 is 0 Å². The van der Waals surface area contributed by atoms with Crippen molar-refractivity contribution in [3.05, 3.63) is 66.0 Å². The Balaban J connectivity index is 1.48. The highest BCUT2D eigenvalue weighted by Crippen LogP contribution is 2.21. The van der Waals surface area contributed by atoms with Crippen molar-refractivity contribution >= 4 is 15.9 Å². The van der Waals surface area contributed by atoms with Crippen molar-refractivity contribution < 1.29 is 22.5 Å². The van der Waals surface area contributed by atoms with Crippen LogP contribution in [0.3, 0.4) is 0 Å². The smallest absolute Gasteiger partial charge is 0.283 e. The van der Waals surface area contributed by atoms with Crippen molar-refractivity contribution in [2.75, 3.05) is 26.2 Å². The molecule has 154 valence electrons. The number of hydrogen-bond acceptors (Lipinski definition) is 3. The van der Waals surface area contributed by atoms with Gasteiger partial charge in [0, 0.05) is 11.6 Å². The lowest BCUT2D eigenvalue weighted by Crippen LogP contribution is -3.16. The molecule has 1 amide bonds. The fourth-order valence-corrected chi connectivity index (χ4v) is 5.23. The van der Waals surface area contributed by atoms with Crippen LogP contribution in [-0.2, 0) is 14.8 Å². The van der Waals surface area contributed by atoms with Crippen molar-refractivity contribution in [2.45, 2.75) is 29.8 Å². The highest BCUT2D eigenvalue weighted by atomic mass is 32.2. The van der Waals surface area contributed by atoms with Crippen molar-refractivity contribution in [3.8, 4) is 0 Å². The van der Waals surface area contributed by atoms with Crippen LogP contribution in [0.1, 0.15) is 24.4 Å². The topological polar surface area (TPSA) is 70.9 Å². The molecular weight excluding hydrogens is 393 g/mol. The summed E-state index contributed by atoms with van der Waals surface area (Å²) in [4.78, 5) is 14.1. The molecular formula is C21H25FN3O3S+. The van der Waals surface area contributed by atoms with Crippen LogP contribution in [0.4, 0.5) is 4.39 Å². The van der Waals surface area contributed by atoms with Gasteiger partial charge < -0.3 is 10.2 Å². The van der Waals surface area contributed by atoms with Crippen LogP contribution in [-0.4, -0.2) is 50.9 Å². The minimum absolute atomic E-state index is 0.00328. The van der Waals surface area contributed by atoms with Crippen LogP contribution < -0.4 is 10.2 Å². The van der Waals surface area contributed by atoms with Gasteiger partial charge in [-0.25, -0.2) is 12.8 Å². The van der Waals surface area contributed by atoms with E-state index in [-0.39, 0.29) is 22.9 Å². The molecule has 1 atom stereocenters. The first-order valence-corrected chi connectivity index (χ1v) is 11.3. The standard InChI is InChI=1S/C21H24FN3O3S/c22-17-6-10-19(11-7-17)29(27,28)25-14-12-24(13-15-25)20(16-4-2-1-3-5-16)21(26)23-18-8-9-18/h1-7,10-11,18,20H,8-9,12-15H2,(H,23,26)/p+1/t20-/m0/s1. The minimum atomic E-state index is -3.67. The third-order valence-corrected chi connectivity index (χ3v) is 7.46. The Morgan fingerprint density at radius 3 is 2.24 bits per heavy atom. The predicted octanol–water partition coefficient (Wildman–Crippen LogP) is 0.735. The van der Waals surface area contributed by atoms with E-state index in [1.54, 1.807) is 0 Å². The number of quaternary nitrogens is 1. The maximum atomic E-state index is 13.1. The van der Waals surface area contributed by atoms with Crippen LogP contribution in [0, 0.1) is 5.82 Å². The molecule has 2 aliphatic rings. The van der Waals surface area contributed by atoms with Gasteiger partial charge in [0.25, 0.3) is 5.91 Å². The summed E-state index contributed by atoms with van der Waals surface area (Å²) >= 11 is 0. The van der Waals surface area contributed by atoms with E-state index in [1.165, 1.54) is 16.4 Å². The van der Waals surface area contributed by atoms with Gasteiger partial charge in [-0.2, -0.15) is 4.31 Å². The monoisotopic (exact) mass is 418 g/mol. The van der Waals surface area contributed by atoms with Crippen molar-refractivity contribution in [1.29, 1.82) is 0 Å². The summed E-state index contributed by atoms with van der Waals surface area (Å²) in [5, 5.41) is 3.10. The molecule has 2 aromatic carbocycles. The first kappa shape index (κ1) is 20.0. The second kappa shape index (κ2) is 8.22. The molecule has 1 heterocycles. The summed E-state index contributed by atoms with van der Waals surface area (Å²) in [6, 6.07) is 14.5. The number of sulfonamides is 1. The largest absolute Gasteiger partial charge is 0.348 e. The summed E-state index contributed by atoms with van der Waals surface area (Å²) in [6.45, 7) is 1.68. The predicted molar refractivity (Wildman–Crippen MR) is 106 cm³/mol. The third kappa shape index (κ3) is 4.49.